The quantitative estimate of drug-likeness (QED) is 0.0389. The van der Waals surface area contributed by atoms with Crippen LogP contribution >= 0.6 is 0 Å². The Balaban J connectivity index is 4.04. The van der Waals surface area contributed by atoms with E-state index in [0.29, 0.717) is 36.8 Å². The summed E-state index contributed by atoms with van der Waals surface area (Å²) in [5.41, 5.74) is 0. The van der Waals surface area contributed by atoms with Gasteiger partial charge < -0.3 is 29.7 Å². The zero-order valence-corrected chi connectivity index (χ0v) is 29.9. The maximum absolute atomic E-state index is 12.5. The molecule has 0 rings (SSSR count). The van der Waals surface area contributed by atoms with E-state index in [0.717, 1.165) is 103 Å². The summed E-state index contributed by atoms with van der Waals surface area (Å²) in [4.78, 5) is 47.2. The van der Waals surface area contributed by atoms with Crippen molar-refractivity contribution in [3.05, 3.63) is 12.2 Å². The number of nitrogens with one attached hydrogen (secondary N) is 2. The van der Waals surface area contributed by atoms with Crippen LogP contribution in [0.25, 0.3) is 0 Å². The van der Waals surface area contributed by atoms with E-state index in [1.165, 1.54) is 6.92 Å². The van der Waals surface area contributed by atoms with Gasteiger partial charge in [-0.1, -0.05) is 64.0 Å². The normalized spacial score (nSPS) is 12.9. The molecule has 0 aliphatic heterocycles. The van der Waals surface area contributed by atoms with Gasteiger partial charge in [0.2, 0.25) is 11.8 Å². The van der Waals surface area contributed by atoms with Crippen molar-refractivity contribution in [2.45, 2.75) is 148 Å². The smallest absolute Gasteiger partial charge is 0.306 e. The highest BCUT2D eigenvalue weighted by Crippen LogP contribution is 2.16. The lowest BCUT2D eigenvalue weighted by atomic mass is 10.0. The van der Waals surface area contributed by atoms with Gasteiger partial charge in [-0.25, -0.2) is 0 Å². The van der Waals surface area contributed by atoms with Crippen LogP contribution in [0.2, 0.25) is 0 Å². The predicted octanol–water partition coefficient (Wildman–Crippen LogP) is 5.75. The molecule has 0 bridgehead atoms. The zero-order valence-electron chi connectivity index (χ0n) is 29.9. The third-order valence-corrected chi connectivity index (χ3v) is 7.71. The minimum absolute atomic E-state index is 0.0113. The molecule has 0 aliphatic rings. The Hall–Kier alpha value is -2.46. The van der Waals surface area contributed by atoms with Crippen LogP contribution in [0.5, 0.6) is 0 Å². The number of unbranched alkanes of at least 4 members (excludes halogenated alkanes) is 10. The molecule has 0 heterocycles. The second-order valence-electron chi connectivity index (χ2n) is 13.4. The molecular weight excluding hydrogens is 586 g/mol. The number of ether oxygens (including phenoxy) is 2. The zero-order chi connectivity index (χ0) is 34.5. The van der Waals surface area contributed by atoms with Gasteiger partial charge in [-0.2, -0.15) is 0 Å². The Bertz CT molecular complexity index is 842. The number of allylic oxidation sites excluding steroid dienone is 1. The summed E-state index contributed by atoms with van der Waals surface area (Å²) in [5.74, 6) is -0.543. The van der Waals surface area contributed by atoms with Gasteiger partial charge in [-0.05, 0) is 57.8 Å². The molecule has 2 amide bonds. The first kappa shape index (κ1) is 43.5. The molecule has 0 saturated carbocycles. The molecule has 2 atom stereocenters. The predicted molar refractivity (Wildman–Crippen MR) is 184 cm³/mol. The summed E-state index contributed by atoms with van der Waals surface area (Å²) >= 11 is 0. The van der Waals surface area contributed by atoms with Crippen LogP contribution in [0.15, 0.2) is 12.2 Å². The first-order valence-electron chi connectivity index (χ1n) is 17.9. The fourth-order valence-electron chi connectivity index (χ4n) is 4.80. The van der Waals surface area contributed by atoms with Gasteiger partial charge in [0.05, 0.1) is 27.2 Å². The van der Waals surface area contributed by atoms with E-state index in [2.05, 4.69) is 23.6 Å². The van der Waals surface area contributed by atoms with Crippen LogP contribution in [0.4, 0.5) is 0 Å². The average Bonchev–Trinajstić information content (AvgIpc) is 2.98. The summed E-state index contributed by atoms with van der Waals surface area (Å²) in [7, 11) is 6.10. The molecule has 0 spiro atoms. The van der Waals surface area contributed by atoms with Crippen molar-refractivity contribution >= 4 is 23.8 Å². The fourth-order valence-corrected chi connectivity index (χ4v) is 4.80. The maximum atomic E-state index is 12.5. The Labute approximate surface area is 280 Å². The summed E-state index contributed by atoms with van der Waals surface area (Å²) < 4.78 is 11.6. The number of hydrogen-bond donors (Lipinski definition) is 3. The number of likely N-dealkylation sites (N-methyl/N-ethyl adjacent to an activating group) is 1. The lowest BCUT2D eigenvalue weighted by Gasteiger charge is -2.23. The van der Waals surface area contributed by atoms with E-state index in [4.69, 9.17) is 9.47 Å². The van der Waals surface area contributed by atoms with Gasteiger partial charge in [0.15, 0.2) is 0 Å². The SMILES string of the molecule is CCCCCC(OC(=O)CCCC(=O)OCC[N+](C)(C)C)C(O)CC=CCCCCCCCC(=O)NCCCCCCNC(C)=O. The lowest BCUT2D eigenvalue weighted by molar-refractivity contribution is -0.870. The van der Waals surface area contributed by atoms with Crippen molar-refractivity contribution in [2.24, 2.45) is 0 Å². The largest absolute Gasteiger partial charge is 0.460 e. The molecule has 0 aromatic carbocycles. The summed E-state index contributed by atoms with van der Waals surface area (Å²) in [6.07, 6.45) is 18.3. The summed E-state index contributed by atoms with van der Waals surface area (Å²) in [6, 6.07) is 0. The van der Waals surface area contributed by atoms with Crippen molar-refractivity contribution in [1.29, 1.82) is 0 Å². The highest BCUT2D eigenvalue weighted by Gasteiger charge is 2.22. The topological polar surface area (TPSA) is 131 Å². The van der Waals surface area contributed by atoms with E-state index in [9.17, 15) is 24.3 Å². The molecule has 10 nitrogen and oxygen atoms in total. The van der Waals surface area contributed by atoms with Crippen molar-refractivity contribution < 1.29 is 38.2 Å². The molecule has 0 fully saturated rings. The number of nitrogens with zero attached hydrogens (tertiary/aromatic N) is 1. The molecular formula is C36H68N3O7+. The van der Waals surface area contributed by atoms with E-state index >= 15 is 0 Å². The molecule has 3 N–H and O–H groups in total. The van der Waals surface area contributed by atoms with E-state index in [1.807, 2.05) is 27.2 Å². The number of esters is 2. The van der Waals surface area contributed by atoms with Gasteiger partial charge in [-0.3, -0.25) is 19.2 Å². The Morgan fingerprint density at radius 2 is 1.37 bits per heavy atom. The number of rotatable bonds is 30. The Morgan fingerprint density at radius 1 is 0.739 bits per heavy atom. The number of carbonyl (C=O) groups is 4. The first-order chi connectivity index (χ1) is 21.9. The van der Waals surface area contributed by atoms with Crippen molar-refractivity contribution in [1.82, 2.24) is 10.6 Å². The second-order valence-corrected chi connectivity index (χ2v) is 13.4. The molecule has 268 valence electrons. The minimum Gasteiger partial charge on any atom is -0.460 e. The van der Waals surface area contributed by atoms with E-state index < -0.39 is 12.2 Å². The molecule has 10 heteroatoms. The Kier molecular flexibility index (Phi) is 27.2. The van der Waals surface area contributed by atoms with Crippen LogP contribution in [0, 0.1) is 0 Å². The minimum atomic E-state index is -0.751. The number of aliphatic hydroxyl groups is 1. The number of hydrogen-bond acceptors (Lipinski definition) is 7. The molecule has 0 aromatic rings. The van der Waals surface area contributed by atoms with Crippen LogP contribution in [-0.4, -0.2) is 92.9 Å². The summed E-state index contributed by atoms with van der Waals surface area (Å²) in [5, 5.41) is 16.5. The Morgan fingerprint density at radius 3 is 2.04 bits per heavy atom. The third-order valence-electron chi connectivity index (χ3n) is 7.71. The molecule has 2 unspecified atom stereocenters. The maximum Gasteiger partial charge on any atom is 0.306 e. The van der Waals surface area contributed by atoms with Crippen LogP contribution in [0.1, 0.15) is 136 Å². The van der Waals surface area contributed by atoms with E-state index in [-0.39, 0.29) is 36.6 Å². The third kappa shape index (κ3) is 30.2. The van der Waals surface area contributed by atoms with Crippen LogP contribution in [-0.2, 0) is 28.7 Å². The van der Waals surface area contributed by atoms with Gasteiger partial charge >= 0.3 is 11.9 Å². The summed E-state index contributed by atoms with van der Waals surface area (Å²) in [6.45, 7) is 6.17. The molecule has 0 aliphatic carbocycles. The van der Waals surface area contributed by atoms with Crippen molar-refractivity contribution in [3.8, 4) is 0 Å². The number of amides is 2. The van der Waals surface area contributed by atoms with Crippen LogP contribution in [0.3, 0.4) is 0 Å². The van der Waals surface area contributed by atoms with Gasteiger partial charge in [0.25, 0.3) is 0 Å². The number of aliphatic hydroxyl groups excluding tert-OH is 1. The van der Waals surface area contributed by atoms with Crippen LogP contribution < -0.4 is 10.6 Å². The molecule has 0 saturated heterocycles. The van der Waals surface area contributed by atoms with Gasteiger partial charge in [0, 0.05) is 39.3 Å². The fraction of sp³-hybridized carbons (Fsp3) is 0.833. The molecule has 0 radical (unpaired) electrons. The first-order valence-corrected chi connectivity index (χ1v) is 17.9. The highest BCUT2D eigenvalue weighted by molar-refractivity contribution is 5.75. The van der Waals surface area contributed by atoms with Crippen molar-refractivity contribution in [3.63, 3.8) is 0 Å². The van der Waals surface area contributed by atoms with Gasteiger partial charge in [-0.15, -0.1) is 0 Å². The van der Waals surface area contributed by atoms with Gasteiger partial charge in [0.1, 0.15) is 19.3 Å². The number of carbonyl (C=O) groups excluding carboxylic acids is 4. The monoisotopic (exact) mass is 655 g/mol. The second kappa shape index (κ2) is 28.7. The lowest BCUT2D eigenvalue weighted by Crippen LogP contribution is -2.38. The van der Waals surface area contributed by atoms with E-state index in [1.54, 1.807) is 0 Å². The highest BCUT2D eigenvalue weighted by atomic mass is 16.6. The standard InChI is InChI=1S/C36H67N3O7/c1-6-7-16-23-33(46-36(44)26-21-25-35(43)45-30-29-39(3,4)5)32(41)22-17-12-10-8-9-11-13-18-24-34(42)38-28-20-15-14-19-27-37-31(2)40/h12,17,32-33,41H,6-11,13-16,18-30H2,1-5H3,(H-,37,38,40,42)/p+1. The number of quaternary nitrogens is 1. The average molecular weight is 655 g/mol. The van der Waals surface area contributed by atoms with Crippen molar-refractivity contribution in [2.75, 3.05) is 47.4 Å². The molecule has 46 heavy (non-hydrogen) atoms. The molecule has 0 aromatic heterocycles.